The third kappa shape index (κ3) is 4.93. The molecule has 0 aliphatic carbocycles. The van der Waals surface area contributed by atoms with E-state index in [2.05, 4.69) is 26.2 Å². The van der Waals surface area contributed by atoms with Crippen LogP contribution in [-0.2, 0) is 9.53 Å². The lowest BCUT2D eigenvalue weighted by Gasteiger charge is -2.15. The van der Waals surface area contributed by atoms with E-state index >= 15 is 0 Å². The standard InChI is InChI=1S/C17H17BrN2O5/c1-10(25-17(22)11-6-12(18)9-19-8-11)16(21)20-13-4-5-14(23-2)15(7-13)24-3/h4-10H,1-3H3,(H,20,21). The van der Waals surface area contributed by atoms with Crippen molar-refractivity contribution in [1.29, 1.82) is 0 Å². The first-order chi connectivity index (χ1) is 11.9. The molecular weight excluding hydrogens is 392 g/mol. The van der Waals surface area contributed by atoms with Crippen LogP contribution in [0.1, 0.15) is 17.3 Å². The van der Waals surface area contributed by atoms with Crippen LogP contribution in [0.15, 0.2) is 41.1 Å². The van der Waals surface area contributed by atoms with Crippen LogP contribution in [0.2, 0.25) is 0 Å². The van der Waals surface area contributed by atoms with Crippen molar-refractivity contribution >= 4 is 33.5 Å². The third-order valence-electron chi connectivity index (χ3n) is 3.24. The van der Waals surface area contributed by atoms with Crippen LogP contribution in [0.3, 0.4) is 0 Å². The Balaban J connectivity index is 2.01. The molecule has 0 aliphatic heterocycles. The summed E-state index contributed by atoms with van der Waals surface area (Å²) >= 11 is 3.22. The van der Waals surface area contributed by atoms with E-state index in [0.717, 1.165) is 0 Å². The fourth-order valence-corrected chi connectivity index (χ4v) is 2.33. The molecule has 0 bridgehead atoms. The molecule has 1 unspecified atom stereocenters. The zero-order valence-corrected chi connectivity index (χ0v) is 15.5. The summed E-state index contributed by atoms with van der Waals surface area (Å²) in [6.45, 7) is 1.49. The van der Waals surface area contributed by atoms with E-state index in [1.165, 1.54) is 27.3 Å². The average molecular weight is 409 g/mol. The highest BCUT2D eigenvalue weighted by molar-refractivity contribution is 9.10. The van der Waals surface area contributed by atoms with E-state index in [1.54, 1.807) is 30.5 Å². The molecule has 25 heavy (non-hydrogen) atoms. The Hall–Kier alpha value is -2.61. The van der Waals surface area contributed by atoms with Gasteiger partial charge in [-0.15, -0.1) is 0 Å². The number of amides is 1. The summed E-state index contributed by atoms with van der Waals surface area (Å²) in [5, 5.41) is 2.66. The molecule has 8 heteroatoms. The number of aromatic nitrogens is 1. The van der Waals surface area contributed by atoms with Crippen molar-refractivity contribution in [2.75, 3.05) is 19.5 Å². The van der Waals surface area contributed by atoms with Gasteiger partial charge in [0.15, 0.2) is 17.6 Å². The minimum Gasteiger partial charge on any atom is -0.493 e. The van der Waals surface area contributed by atoms with E-state index in [4.69, 9.17) is 14.2 Å². The van der Waals surface area contributed by atoms with Gasteiger partial charge in [0.2, 0.25) is 0 Å². The summed E-state index contributed by atoms with van der Waals surface area (Å²) in [4.78, 5) is 28.2. The van der Waals surface area contributed by atoms with Gasteiger partial charge in [-0.3, -0.25) is 9.78 Å². The van der Waals surface area contributed by atoms with Crippen molar-refractivity contribution in [3.8, 4) is 11.5 Å². The summed E-state index contributed by atoms with van der Waals surface area (Å²) in [5.41, 5.74) is 0.745. The highest BCUT2D eigenvalue weighted by atomic mass is 79.9. The largest absolute Gasteiger partial charge is 0.493 e. The smallest absolute Gasteiger partial charge is 0.340 e. The number of methoxy groups -OCH3 is 2. The summed E-state index contributed by atoms with van der Waals surface area (Å²) in [7, 11) is 3.02. The first-order valence-electron chi connectivity index (χ1n) is 7.29. The second kappa shape index (κ2) is 8.48. The van der Waals surface area contributed by atoms with E-state index in [0.29, 0.717) is 21.7 Å². The Bertz CT molecular complexity index is 781. The predicted molar refractivity (Wildman–Crippen MR) is 95.0 cm³/mol. The van der Waals surface area contributed by atoms with Gasteiger partial charge in [0.1, 0.15) is 0 Å². The zero-order chi connectivity index (χ0) is 18.4. The van der Waals surface area contributed by atoms with Crippen molar-refractivity contribution in [3.05, 3.63) is 46.7 Å². The normalized spacial score (nSPS) is 11.4. The monoisotopic (exact) mass is 408 g/mol. The number of carbonyl (C=O) groups excluding carboxylic acids is 2. The van der Waals surface area contributed by atoms with Crippen LogP contribution in [0.4, 0.5) is 5.69 Å². The fourth-order valence-electron chi connectivity index (χ4n) is 1.96. The quantitative estimate of drug-likeness (QED) is 0.739. The summed E-state index contributed by atoms with van der Waals surface area (Å²) in [6.07, 6.45) is 1.93. The molecule has 7 nitrogen and oxygen atoms in total. The summed E-state index contributed by atoms with van der Waals surface area (Å²) in [6, 6.07) is 6.50. The topological polar surface area (TPSA) is 86.8 Å². The average Bonchev–Trinajstić information content (AvgIpc) is 2.61. The van der Waals surface area contributed by atoms with Gasteiger partial charge in [-0.1, -0.05) is 0 Å². The Labute approximate surface area is 153 Å². The zero-order valence-electron chi connectivity index (χ0n) is 13.9. The lowest BCUT2D eigenvalue weighted by molar-refractivity contribution is -0.123. The van der Waals surface area contributed by atoms with Crippen LogP contribution >= 0.6 is 15.9 Å². The third-order valence-corrected chi connectivity index (χ3v) is 3.68. The number of halogens is 1. The minimum atomic E-state index is -0.987. The predicted octanol–water partition coefficient (Wildman–Crippen LogP) is 3.05. The Kier molecular flexibility index (Phi) is 6.35. The van der Waals surface area contributed by atoms with Crippen LogP contribution in [0, 0.1) is 0 Å². The lowest BCUT2D eigenvalue weighted by atomic mass is 10.2. The molecule has 1 aromatic carbocycles. The maximum absolute atomic E-state index is 12.2. The Morgan fingerprint density at radius 1 is 1.12 bits per heavy atom. The molecule has 0 fully saturated rings. The van der Waals surface area contributed by atoms with E-state index < -0.39 is 18.0 Å². The van der Waals surface area contributed by atoms with E-state index in [9.17, 15) is 9.59 Å². The number of carbonyl (C=O) groups is 2. The Morgan fingerprint density at radius 3 is 2.48 bits per heavy atom. The molecule has 0 aliphatic rings. The first kappa shape index (κ1) is 18.7. The molecule has 1 heterocycles. The molecule has 1 aromatic heterocycles. The van der Waals surface area contributed by atoms with Crippen LogP contribution < -0.4 is 14.8 Å². The molecule has 1 atom stereocenters. The van der Waals surface area contributed by atoms with Crippen molar-refractivity contribution in [2.45, 2.75) is 13.0 Å². The van der Waals surface area contributed by atoms with Crippen LogP contribution in [0.25, 0.3) is 0 Å². The maximum Gasteiger partial charge on any atom is 0.340 e. The summed E-state index contributed by atoms with van der Waals surface area (Å²) in [5.74, 6) is -0.0837. The van der Waals surface area contributed by atoms with Gasteiger partial charge in [0.25, 0.3) is 5.91 Å². The number of nitrogens with zero attached hydrogens (tertiary/aromatic N) is 1. The Morgan fingerprint density at radius 2 is 1.84 bits per heavy atom. The molecule has 0 saturated carbocycles. The number of esters is 1. The second-order valence-electron chi connectivity index (χ2n) is 5.00. The van der Waals surface area contributed by atoms with Crippen molar-refractivity contribution in [1.82, 2.24) is 4.98 Å². The minimum absolute atomic E-state index is 0.250. The number of anilines is 1. The lowest BCUT2D eigenvalue weighted by Crippen LogP contribution is -2.30. The molecular formula is C17H17BrN2O5. The second-order valence-corrected chi connectivity index (χ2v) is 5.91. The molecule has 132 valence electrons. The van der Waals surface area contributed by atoms with Crippen molar-refractivity contribution < 1.29 is 23.8 Å². The highest BCUT2D eigenvalue weighted by Gasteiger charge is 2.20. The van der Waals surface area contributed by atoms with Gasteiger partial charge in [0, 0.05) is 28.6 Å². The van der Waals surface area contributed by atoms with Crippen LogP contribution in [0.5, 0.6) is 11.5 Å². The molecule has 2 rings (SSSR count). The molecule has 0 saturated heterocycles. The number of rotatable bonds is 6. The van der Waals surface area contributed by atoms with Gasteiger partial charge >= 0.3 is 5.97 Å². The van der Waals surface area contributed by atoms with Crippen molar-refractivity contribution in [2.24, 2.45) is 0 Å². The van der Waals surface area contributed by atoms with Crippen LogP contribution in [-0.4, -0.2) is 37.2 Å². The first-order valence-corrected chi connectivity index (χ1v) is 8.08. The van der Waals surface area contributed by atoms with Gasteiger partial charge in [0.05, 0.1) is 19.8 Å². The van der Waals surface area contributed by atoms with Gasteiger partial charge in [-0.2, -0.15) is 0 Å². The number of hydrogen-bond acceptors (Lipinski definition) is 6. The number of hydrogen-bond donors (Lipinski definition) is 1. The number of pyridine rings is 1. The molecule has 2 aromatic rings. The SMILES string of the molecule is COc1ccc(NC(=O)C(C)OC(=O)c2cncc(Br)c2)cc1OC. The fraction of sp³-hybridized carbons (Fsp3) is 0.235. The molecule has 1 amide bonds. The van der Waals surface area contributed by atoms with E-state index in [-0.39, 0.29) is 5.56 Å². The maximum atomic E-state index is 12.2. The highest BCUT2D eigenvalue weighted by Crippen LogP contribution is 2.29. The number of benzene rings is 1. The number of ether oxygens (including phenoxy) is 3. The molecule has 1 N–H and O–H groups in total. The summed E-state index contributed by atoms with van der Waals surface area (Å²) < 4.78 is 16.1. The van der Waals surface area contributed by atoms with Gasteiger partial charge in [-0.05, 0) is 41.1 Å². The number of nitrogens with one attached hydrogen (secondary N) is 1. The molecule has 0 radical (unpaired) electrons. The van der Waals surface area contributed by atoms with E-state index in [1.807, 2.05) is 0 Å². The van der Waals surface area contributed by atoms with Gasteiger partial charge < -0.3 is 19.5 Å². The molecule has 0 spiro atoms. The van der Waals surface area contributed by atoms with Crippen molar-refractivity contribution in [3.63, 3.8) is 0 Å². The van der Waals surface area contributed by atoms with Gasteiger partial charge in [-0.25, -0.2) is 4.79 Å².